The number of fused-ring (bicyclic) bond motifs is 1. The minimum atomic E-state index is -0.262. The van der Waals surface area contributed by atoms with Gasteiger partial charge in [-0.2, -0.15) is 0 Å². The number of rotatable bonds is 2. The zero-order valence-corrected chi connectivity index (χ0v) is 5.69. The van der Waals surface area contributed by atoms with E-state index in [0.717, 1.165) is 0 Å². The minimum absolute atomic E-state index is 0.0149. The lowest BCUT2D eigenvalue weighted by molar-refractivity contribution is -0.166. The maximum absolute atomic E-state index is 8.72. The molecule has 2 fully saturated rings. The molecule has 1 N–H and O–H groups in total. The summed E-state index contributed by atoms with van der Waals surface area (Å²) in [5.41, 5.74) is 0. The van der Waals surface area contributed by atoms with E-state index in [1.165, 1.54) is 0 Å². The Bertz CT molecular complexity index is 124. The molecule has 2 saturated heterocycles. The van der Waals surface area contributed by atoms with Gasteiger partial charge in [0.15, 0.2) is 6.29 Å². The first-order chi connectivity index (χ1) is 4.86. The van der Waals surface area contributed by atoms with E-state index < -0.39 is 0 Å². The molecule has 1 unspecified atom stereocenters. The van der Waals surface area contributed by atoms with Gasteiger partial charge in [-0.3, -0.25) is 0 Å². The van der Waals surface area contributed by atoms with Gasteiger partial charge in [0.25, 0.3) is 0 Å². The maximum atomic E-state index is 8.72. The predicted octanol–water partition coefficient (Wildman–Crippen LogP) is -0.883. The highest BCUT2D eigenvalue weighted by Gasteiger charge is 2.58. The van der Waals surface area contributed by atoms with Crippen LogP contribution >= 0.6 is 0 Å². The largest absolute Gasteiger partial charge is 0.394 e. The lowest BCUT2D eigenvalue weighted by Gasteiger charge is -2.13. The SMILES string of the molecule is CO[C@H]1O[C@H](CO)C2O[C@@H]21. The van der Waals surface area contributed by atoms with E-state index in [4.69, 9.17) is 19.3 Å². The van der Waals surface area contributed by atoms with Crippen molar-refractivity contribution in [2.75, 3.05) is 13.7 Å². The Morgan fingerprint density at radius 2 is 2.20 bits per heavy atom. The fraction of sp³-hybridized carbons (Fsp3) is 1.00. The van der Waals surface area contributed by atoms with Gasteiger partial charge in [0, 0.05) is 7.11 Å². The van der Waals surface area contributed by atoms with E-state index >= 15 is 0 Å². The van der Waals surface area contributed by atoms with Crippen molar-refractivity contribution in [3.63, 3.8) is 0 Å². The molecule has 2 rings (SSSR count). The second-order valence-corrected chi connectivity index (χ2v) is 2.53. The van der Waals surface area contributed by atoms with Gasteiger partial charge in [-0.15, -0.1) is 0 Å². The van der Waals surface area contributed by atoms with Crippen molar-refractivity contribution < 1.29 is 19.3 Å². The minimum Gasteiger partial charge on any atom is -0.394 e. The van der Waals surface area contributed by atoms with Crippen molar-refractivity contribution in [3.05, 3.63) is 0 Å². The molecule has 0 aromatic rings. The highest BCUT2D eigenvalue weighted by molar-refractivity contribution is 4.99. The van der Waals surface area contributed by atoms with E-state index in [1.807, 2.05) is 0 Å². The summed E-state index contributed by atoms with van der Waals surface area (Å²) in [5.74, 6) is 0. The third kappa shape index (κ3) is 0.769. The van der Waals surface area contributed by atoms with Crippen LogP contribution in [0.5, 0.6) is 0 Å². The number of hydrogen-bond donors (Lipinski definition) is 1. The number of aliphatic hydroxyl groups excluding tert-OH is 1. The van der Waals surface area contributed by atoms with Crippen molar-refractivity contribution >= 4 is 0 Å². The van der Waals surface area contributed by atoms with Crippen LogP contribution < -0.4 is 0 Å². The van der Waals surface area contributed by atoms with Crippen LogP contribution in [-0.4, -0.2) is 43.4 Å². The molecule has 0 radical (unpaired) electrons. The van der Waals surface area contributed by atoms with Gasteiger partial charge in [-0.25, -0.2) is 0 Å². The van der Waals surface area contributed by atoms with Crippen molar-refractivity contribution in [3.8, 4) is 0 Å². The van der Waals surface area contributed by atoms with Gasteiger partial charge in [0.2, 0.25) is 0 Å². The molecule has 0 aromatic carbocycles. The third-order valence-electron chi connectivity index (χ3n) is 1.92. The summed E-state index contributed by atoms with van der Waals surface area (Å²) in [7, 11) is 1.57. The topological polar surface area (TPSA) is 51.2 Å². The standard InChI is InChI=1S/C6H10O4/c1-8-6-5-4(10-5)3(2-7)9-6/h3-7H,2H2,1H3/t3-,4?,5+,6+/m1/s1. The molecule has 4 heteroatoms. The normalized spacial score (nSPS) is 51.0. The lowest BCUT2D eigenvalue weighted by atomic mass is 10.2. The quantitative estimate of drug-likeness (QED) is 0.514. The monoisotopic (exact) mass is 146 g/mol. The summed E-state index contributed by atoms with van der Waals surface area (Å²) in [6.45, 7) is 0.0149. The maximum Gasteiger partial charge on any atom is 0.186 e. The predicted molar refractivity (Wildman–Crippen MR) is 31.4 cm³/mol. The van der Waals surface area contributed by atoms with Crippen LogP contribution in [0.15, 0.2) is 0 Å². The van der Waals surface area contributed by atoms with E-state index in [9.17, 15) is 0 Å². The van der Waals surface area contributed by atoms with Crippen molar-refractivity contribution in [2.45, 2.75) is 24.6 Å². The molecule has 0 spiro atoms. The second-order valence-electron chi connectivity index (χ2n) is 2.53. The van der Waals surface area contributed by atoms with Gasteiger partial charge in [0.05, 0.1) is 6.61 Å². The van der Waals surface area contributed by atoms with E-state index in [1.54, 1.807) is 7.11 Å². The van der Waals surface area contributed by atoms with Crippen LogP contribution in [0.2, 0.25) is 0 Å². The van der Waals surface area contributed by atoms with Gasteiger partial charge in [0.1, 0.15) is 18.3 Å². The summed E-state index contributed by atoms with van der Waals surface area (Å²) in [6.07, 6.45) is -0.283. The molecule has 10 heavy (non-hydrogen) atoms. The average molecular weight is 146 g/mol. The number of hydrogen-bond acceptors (Lipinski definition) is 4. The van der Waals surface area contributed by atoms with Crippen LogP contribution in [0.1, 0.15) is 0 Å². The first-order valence-electron chi connectivity index (χ1n) is 3.31. The molecule has 2 heterocycles. The first kappa shape index (κ1) is 6.54. The van der Waals surface area contributed by atoms with Crippen molar-refractivity contribution in [1.82, 2.24) is 0 Å². The Labute approximate surface area is 58.7 Å². The lowest BCUT2D eigenvalue weighted by Crippen LogP contribution is -2.23. The highest BCUT2D eigenvalue weighted by Crippen LogP contribution is 2.38. The Kier molecular flexibility index (Phi) is 1.42. The fourth-order valence-electron chi connectivity index (χ4n) is 1.32. The van der Waals surface area contributed by atoms with Gasteiger partial charge < -0.3 is 19.3 Å². The molecule has 2 aliphatic heterocycles. The van der Waals surface area contributed by atoms with Crippen LogP contribution in [0, 0.1) is 0 Å². The number of epoxide rings is 1. The van der Waals surface area contributed by atoms with Crippen LogP contribution in [-0.2, 0) is 14.2 Å². The highest BCUT2D eigenvalue weighted by atomic mass is 16.8. The Balaban J connectivity index is 1.95. The van der Waals surface area contributed by atoms with Crippen molar-refractivity contribution in [2.24, 2.45) is 0 Å². The molecule has 4 atom stereocenters. The molecule has 2 aliphatic rings. The van der Waals surface area contributed by atoms with E-state index in [2.05, 4.69) is 0 Å². The van der Waals surface area contributed by atoms with Crippen LogP contribution in [0.25, 0.3) is 0 Å². The second kappa shape index (κ2) is 2.17. The van der Waals surface area contributed by atoms with Crippen LogP contribution in [0.4, 0.5) is 0 Å². The van der Waals surface area contributed by atoms with E-state index in [-0.39, 0.29) is 31.2 Å². The van der Waals surface area contributed by atoms with Gasteiger partial charge in [-0.1, -0.05) is 0 Å². The Morgan fingerprint density at radius 3 is 2.60 bits per heavy atom. The molecule has 4 nitrogen and oxygen atoms in total. The zero-order chi connectivity index (χ0) is 7.14. The molecular weight excluding hydrogens is 136 g/mol. The number of aliphatic hydroxyl groups is 1. The molecule has 0 saturated carbocycles. The number of methoxy groups -OCH3 is 1. The Hall–Kier alpha value is -0.160. The summed E-state index contributed by atoms with van der Waals surface area (Å²) in [6, 6.07) is 0. The zero-order valence-electron chi connectivity index (χ0n) is 5.69. The van der Waals surface area contributed by atoms with E-state index in [0.29, 0.717) is 0 Å². The first-order valence-corrected chi connectivity index (χ1v) is 3.31. The van der Waals surface area contributed by atoms with Gasteiger partial charge in [-0.05, 0) is 0 Å². The molecule has 0 amide bonds. The molecule has 0 aliphatic carbocycles. The number of ether oxygens (including phenoxy) is 3. The smallest absolute Gasteiger partial charge is 0.186 e. The molecule has 0 aromatic heterocycles. The molecular formula is C6H10O4. The van der Waals surface area contributed by atoms with Crippen molar-refractivity contribution in [1.29, 1.82) is 0 Å². The summed E-state index contributed by atoms with van der Waals surface area (Å²) >= 11 is 0. The molecule has 58 valence electrons. The molecule has 0 bridgehead atoms. The Morgan fingerprint density at radius 1 is 1.40 bits per heavy atom. The summed E-state index contributed by atoms with van der Waals surface area (Å²) in [5, 5.41) is 8.72. The third-order valence-corrected chi connectivity index (χ3v) is 1.92. The fourth-order valence-corrected chi connectivity index (χ4v) is 1.32. The van der Waals surface area contributed by atoms with Crippen LogP contribution in [0.3, 0.4) is 0 Å². The average Bonchev–Trinajstić information content (AvgIpc) is 2.67. The summed E-state index contributed by atoms with van der Waals surface area (Å²) < 4.78 is 15.3. The summed E-state index contributed by atoms with van der Waals surface area (Å²) in [4.78, 5) is 0. The van der Waals surface area contributed by atoms with Gasteiger partial charge >= 0.3 is 0 Å².